The van der Waals surface area contributed by atoms with Gasteiger partial charge >= 0.3 is 0 Å². The Balaban J connectivity index is 2.11. The molecule has 3 heteroatoms. The second-order valence-corrected chi connectivity index (χ2v) is 6.90. The molecule has 2 N–H and O–H groups in total. The van der Waals surface area contributed by atoms with Crippen LogP contribution in [-0.4, -0.2) is 27.2 Å². The van der Waals surface area contributed by atoms with Gasteiger partial charge in [-0.05, 0) is 38.3 Å². The molecular weight excluding hydrogens is 286 g/mol. The van der Waals surface area contributed by atoms with E-state index in [9.17, 15) is 10.2 Å². The van der Waals surface area contributed by atoms with E-state index in [0.29, 0.717) is 5.56 Å². The summed E-state index contributed by atoms with van der Waals surface area (Å²) in [5, 5.41) is 19.0. The first-order valence-corrected chi connectivity index (χ1v) is 8.11. The standard InChI is InChI=1S/C20H27NO2/c1-20(2,3)21(15-16-9-5-4-6-10-16)14-13-17-11-7-8-12-18(17)19(22)23/h4-12,19,22-23H,13-15H2,1-3H3. The number of benzene rings is 2. The third-order valence-corrected chi connectivity index (χ3v) is 4.15. The average Bonchev–Trinajstić information content (AvgIpc) is 2.51. The van der Waals surface area contributed by atoms with E-state index in [4.69, 9.17) is 0 Å². The third-order valence-electron chi connectivity index (χ3n) is 4.15. The zero-order chi connectivity index (χ0) is 16.9. The lowest BCUT2D eigenvalue weighted by Gasteiger charge is -2.36. The summed E-state index contributed by atoms with van der Waals surface area (Å²) in [6.45, 7) is 8.38. The molecule has 0 heterocycles. The van der Waals surface area contributed by atoms with Crippen LogP contribution in [-0.2, 0) is 13.0 Å². The fourth-order valence-corrected chi connectivity index (χ4v) is 2.72. The molecule has 2 aromatic rings. The molecule has 23 heavy (non-hydrogen) atoms. The van der Waals surface area contributed by atoms with Crippen LogP contribution >= 0.6 is 0 Å². The SMILES string of the molecule is CC(C)(C)N(CCc1ccccc1C(O)O)Cc1ccccc1. The van der Waals surface area contributed by atoms with Gasteiger partial charge in [0.05, 0.1) is 0 Å². The van der Waals surface area contributed by atoms with Crippen LogP contribution in [0.1, 0.15) is 43.8 Å². The normalized spacial score (nSPS) is 12.1. The maximum absolute atomic E-state index is 9.51. The Hall–Kier alpha value is -1.68. The number of rotatable bonds is 6. The van der Waals surface area contributed by atoms with Gasteiger partial charge in [0, 0.05) is 24.2 Å². The summed E-state index contributed by atoms with van der Waals surface area (Å²) in [6.07, 6.45) is -0.624. The van der Waals surface area contributed by atoms with Gasteiger partial charge in [-0.1, -0.05) is 54.6 Å². The lowest BCUT2D eigenvalue weighted by molar-refractivity contribution is -0.0432. The van der Waals surface area contributed by atoms with Gasteiger partial charge in [-0.3, -0.25) is 4.90 Å². The van der Waals surface area contributed by atoms with Gasteiger partial charge in [0.15, 0.2) is 6.29 Å². The summed E-state index contributed by atoms with van der Waals surface area (Å²) < 4.78 is 0. The molecule has 0 aromatic heterocycles. The van der Waals surface area contributed by atoms with Crippen molar-refractivity contribution in [3.63, 3.8) is 0 Å². The molecule has 0 unspecified atom stereocenters. The van der Waals surface area contributed by atoms with Crippen molar-refractivity contribution in [3.8, 4) is 0 Å². The molecule has 0 aliphatic rings. The number of hydrogen-bond acceptors (Lipinski definition) is 3. The number of aliphatic hydroxyl groups is 2. The number of hydrogen-bond donors (Lipinski definition) is 2. The monoisotopic (exact) mass is 313 g/mol. The fraction of sp³-hybridized carbons (Fsp3) is 0.400. The maximum atomic E-state index is 9.51. The summed E-state index contributed by atoms with van der Waals surface area (Å²) in [5.74, 6) is 0. The van der Waals surface area contributed by atoms with E-state index in [1.165, 1.54) is 5.56 Å². The van der Waals surface area contributed by atoms with Gasteiger partial charge < -0.3 is 10.2 Å². The smallest absolute Gasteiger partial charge is 0.178 e. The largest absolute Gasteiger partial charge is 0.364 e. The minimum atomic E-state index is -1.41. The molecule has 0 radical (unpaired) electrons. The van der Waals surface area contributed by atoms with Crippen molar-refractivity contribution >= 4 is 0 Å². The van der Waals surface area contributed by atoms with Crippen LogP contribution < -0.4 is 0 Å². The van der Waals surface area contributed by atoms with E-state index in [0.717, 1.165) is 25.1 Å². The highest BCUT2D eigenvalue weighted by Gasteiger charge is 2.21. The Morgan fingerprint density at radius 1 is 0.913 bits per heavy atom. The van der Waals surface area contributed by atoms with Crippen LogP contribution in [0.5, 0.6) is 0 Å². The van der Waals surface area contributed by atoms with Crippen molar-refractivity contribution in [2.24, 2.45) is 0 Å². The minimum Gasteiger partial charge on any atom is -0.364 e. The maximum Gasteiger partial charge on any atom is 0.178 e. The van der Waals surface area contributed by atoms with E-state index < -0.39 is 6.29 Å². The van der Waals surface area contributed by atoms with E-state index in [2.05, 4.69) is 49.9 Å². The number of nitrogens with zero attached hydrogens (tertiary/aromatic N) is 1. The van der Waals surface area contributed by atoms with Gasteiger partial charge in [0.25, 0.3) is 0 Å². The topological polar surface area (TPSA) is 43.7 Å². The van der Waals surface area contributed by atoms with Gasteiger partial charge in [-0.2, -0.15) is 0 Å². The molecule has 0 atom stereocenters. The first-order chi connectivity index (χ1) is 10.9. The zero-order valence-electron chi connectivity index (χ0n) is 14.2. The van der Waals surface area contributed by atoms with Gasteiger partial charge in [-0.25, -0.2) is 0 Å². The van der Waals surface area contributed by atoms with Gasteiger partial charge in [0.1, 0.15) is 0 Å². The van der Waals surface area contributed by atoms with Crippen molar-refractivity contribution < 1.29 is 10.2 Å². The molecule has 0 fully saturated rings. The molecule has 0 aliphatic carbocycles. The molecule has 0 spiro atoms. The molecule has 0 amide bonds. The van der Waals surface area contributed by atoms with Crippen LogP contribution in [0.15, 0.2) is 54.6 Å². The van der Waals surface area contributed by atoms with Crippen molar-refractivity contribution in [1.29, 1.82) is 0 Å². The predicted molar refractivity (Wildman–Crippen MR) is 93.9 cm³/mol. The summed E-state index contributed by atoms with van der Waals surface area (Å²) >= 11 is 0. The highest BCUT2D eigenvalue weighted by Crippen LogP contribution is 2.21. The Labute approximate surface area is 139 Å². The van der Waals surface area contributed by atoms with E-state index >= 15 is 0 Å². The second kappa shape index (κ2) is 7.73. The van der Waals surface area contributed by atoms with Crippen molar-refractivity contribution in [1.82, 2.24) is 4.90 Å². The second-order valence-electron chi connectivity index (χ2n) is 6.90. The Morgan fingerprint density at radius 3 is 2.13 bits per heavy atom. The minimum absolute atomic E-state index is 0.0443. The molecule has 0 aliphatic heterocycles. The van der Waals surface area contributed by atoms with E-state index in [1.807, 2.05) is 24.3 Å². The fourth-order valence-electron chi connectivity index (χ4n) is 2.72. The van der Waals surface area contributed by atoms with Crippen LogP contribution in [0.2, 0.25) is 0 Å². The van der Waals surface area contributed by atoms with Crippen molar-refractivity contribution in [2.45, 2.75) is 45.6 Å². The van der Waals surface area contributed by atoms with Crippen LogP contribution in [0.3, 0.4) is 0 Å². The average molecular weight is 313 g/mol. The third kappa shape index (κ3) is 5.17. The summed E-state index contributed by atoms with van der Waals surface area (Å²) in [7, 11) is 0. The van der Waals surface area contributed by atoms with Crippen molar-refractivity contribution in [2.75, 3.05) is 6.54 Å². The highest BCUT2D eigenvalue weighted by molar-refractivity contribution is 5.28. The molecule has 3 nitrogen and oxygen atoms in total. The molecule has 0 saturated heterocycles. The molecule has 0 bridgehead atoms. The van der Waals surface area contributed by atoms with Crippen molar-refractivity contribution in [3.05, 3.63) is 71.3 Å². The molecule has 2 rings (SSSR count). The quantitative estimate of drug-likeness (QED) is 0.802. The molecule has 2 aromatic carbocycles. The van der Waals surface area contributed by atoms with Crippen LogP contribution in [0.4, 0.5) is 0 Å². The predicted octanol–water partition coefficient (Wildman–Crippen LogP) is 3.51. The van der Waals surface area contributed by atoms with Crippen LogP contribution in [0.25, 0.3) is 0 Å². The lowest BCUT2D eigenvalue weighted by Crippen LogP contribution is -2.42. The number of aliphatic hydroxyl groups excluding tert-OH is 1. The van der Waals surface area contributed by atoms with Crippen LogP contribution in [0, 0.1) is 0 Å². The van der Waals surface area contributed by atoms with E-state index in [1.54, 1.807) is 6.07 Å². The Kier molecular flexibility index (Phi) is 5.94. The molecule has 124 valence electrons. The zero-order valence-corrected chi connectivity index (χ0v) is 14.2. The van der Waals surface area contributed by atoms with E-state index in [-0.39, 0.29) is 5.54 Å². The Morgan fingerprint density at radius 2 is 1.52 bits per heavy atom. The summed E-state index contributed by atoms with van der Waals surface area (Å²) in [5.41, 5.74) is 2.92. The highest BCUT2D eigenvalue weighted by atomic mass is 16.5. The molecule has 0 saturated carbocycles. The Bertz CT molecular complexity index is 603. The first-order valence-electron chi connectivity index (χ1n) is 8.11. The summed E-state index contributed by atoms with van der Waals surface area (Å²) in [6, 6.07) is 18.0. The van der Waals surface area contributed by atoms with Gasteiger partial charge in [0.2, 0.25) is 0 Å². The first kappa shape index (κ1) is 17.7. The molecular formula is C20H27NO2. The lowest BCUT2D eigenvalue weighted by atomic mass is 10.0. The summed E-state index contributed by atoms with van der Waals surface area (Å²) in [4.78, 5) is 2.42. The van der Waals surface area contributed by atoms with Gasteiger partial charge in [-0.15, -0.1) is 0 Å².